The van der Waals surface area contributed by atoms with Gasteiger partial charge in [0, 0.05) is 11.8 Å². The Bertz CT molecular complexity index is 775. The second-order valence-electron chi connectivity index (χ2n) is 4.42. The molecule has 2 aromatic carbocycles. The van der Waals surface area contributed by atoms with E-state index in [0.717, 1.165) is 12.1 Å². The molecule has 0 atom stereocenters. The van der Waals surface area contributed by atoms with E-state index in [0.29, 0.717) is 12.1 Å². The fraction of sp³-hybridized carbons (Fsp3) is 0.0714. The summed E-state index contributed by atoms with van der Waals surface area (Å²) in [5, 5.41) is 13.0. The fourth-order valence-electron chi connectivity index (χ4n) is 1.85. The van der Waals surface area contributed by atoms with Crippen LogP contribution in [0.3, 0.4) is 0 Å². The first-order chi connectivity index (χ1) is 10.7. The quantitative estimate of drug-likeness (QED) is 0.526. The lowest BCUT2D eigenvalue weighted by Gasteiger charge is -2.10. The van der Waals surface area contributed by atoms with Crippen molar-refractivity contribution in [2.75, 3.05) is 5.32 Å². The van der Waals surface area contributed by atoms with Gasteiger partial charge in [0.1, 0.15) is 11.4 Å². The maximum Gasteiger partial charge on any atom is 0.419 e. The van der Waals surface area contributed by atoms with Crippen LogP contribution in [-0.2, 0) is 6.18 Å². The van der Waals surface area contributed by atoms with Gasteiger partial charge in [-0.1, -0.05) is 12.1 Å². The maximum absolute atomic E-state index is 13.4. The van der Waals surface area contributed by atoms with Crippen molar-refractivity contribution < 1.29 is 27.3 Å². The van der Waals surface area contributed by atoms with E-state index in [1.165, 1.54) is 18.2 Å². The molecule has 0 saturated heterocycles. The number of rotatable bonds is 3. The molecule has 0 aliphatic rings. The Hall–Kier alpha value is -2.97. The van der Waals surface area contributed by atoms with Crippen molar-refractivity contribution in [2.45, 2.75) is 6.18 Å². The van der Waals surface area contributed by atoms with Crippen molar-refractivity contribution in [2.24, 2.45) is 0 Å². The van der Waals surface area contributed by atoms with Crippen LogP contribution in [0.15, 0.2) is 42.5 Å². The number of halogens is 4. The average molecular weight is 328 g/mol. The monoisotopic (exact) mass is 328 g/mol. The van der Waals surface area contributed by atoms with Gasteiger partial charge >= 0.3 is 6.18 Å². The second-order valence-corrected chi connectivity index (χ2v) is 4.42. The lowest BCUT2D eigenvalue weighted by molar-refractivity contribution is -0.385. The molecule has 23 heavy (non-hydrogen) atoms. The lowest BCUT2D eigenvalue weighted by atomic mass is 10.1. The molecule has 0 bridgehead atoms. The number of hydrogen-bond acceptors (Lipinski definition) is 3. The number of alkyl halides is 3. The van der Waals surface area contributed by atoms with Crippen LogP contribution < -0.4 is 5.32 Å². The third-order valence-corrected chi connectivity index (χ3v) is 2.88. The normalized spacial score (nSPS) is 11.1. The highest BCUT2D eigenvalue weighted by atomic mass is 19.4. The summed E-state index contributed by atoms with van der Waals surface area (Å²) in [5.41, 5.74) is -2.49. The highest BCUT2D eigenvalue weighted by Crippen LogP contribution is 2.32. The first kappa shape index (κ1) is 16.4. The molecule has 0 unspecified atom stereocenters. The van der Waals surface area contributed by atoms with Crippen molar-refractivity contribution >= 4 is 17.3 Å². The molecule has 0 aromatic heterocycles. The molecule has 0 spiro atoms. The van der Waals surface area contributed by atoms with E-state index in [4.69, 9.17) is 0 Å². The molecule has 0 heterocycles. The van der Waals surface area contributed by atoms with E-state index >= 15 is 0 Å². The van der Waals surface area contributed by atoms with Crippen LogP contribution in [0.1, 0.15) is 15.9 Å². The van der Waals surface area contributed by atoms with Gasteiger partial charge in [-0.2, -0.15) is 13.2 Å². The molecule has 0 saturated carbocycles. The molecule has 0 aliphatic heterocycles. The molecule has 2 aromatic rings. The number of nitrogens with one attached hydrogen (secondary N) is 1. The standard InChI is InChI=1S/C14H8F4N2O3/c15-11-7-8(5-6-10(11)14(16,17)18)19-13(21)9-3-1-2-4-12(9)20(22)23/h1-7H,(H,19,21). The Balaban J connectivity index is 2.28. The van der Waals surface area contributed by atoms with Crippen molar-refractivity contribution in [1.29, 1.82) is 0 Å². The third-order valence-electron chi connectivity index (χ3n) is 2.88. The number of nitro benzene ring substituents is 1. The number of amides is 1. The van der Waals surface area contributed by atoms with Gasteiger partial charge in [-0.15, -0.1) is 0 Å². The molecule has 120 valence electrons. The van der Waals surface area contributed by atoms with Crippen molar-refractivity contribution in [3.8, 4) is 0 Å². The van der Waals surface area contributed by atoms with Crippen molar-refractivity contribution in [1.82, 2.24) is 0 Å². The van der Waals surface area contributed by atoms with Gasteiger partial charge in [0.2, 0.25) is 0 Å². The van der Waals surface area contributed by atoms with Gasteiger partial charge in [-0.25, -0.2) is 4.39 Å². The minimum Gasteiger partial charge on any atom is -0.322 e. The highest BCUT2D eigenvalue weighted by Gasteiger charge is 2.34. The van der Waals surface area contributed by atoms with Gasteiger partial charge < -0.3 is 5.32 Å². The van der Waals surface area contributed by atoms with Crippen LogP contribution in [0.5, 0.6) is 0 Å². The van der Waals surface area contributed by atoms with Crippen LogP contribution in [0.2, 0.25) is 0 Å². The van der Waals surface area contributed by atoms with Gasteiger partial charge in [0.05, 0.1) is 10.5 Å². The predicted molar refractivity (Wildman–Crippen MR) is 72.5 cm³/mol. The van der Waals surface area contributed by atoms with Crippen LogP contribution in [0, 0.1) is 15.9 Å². The SMILES string of the molecule is O=C(Nc1ccc(C(F)(F)F)c(F)c1)c1ccccc1[N+](=O)[O-]. The summed E-state index contributed by atoms with van der Waals surface area (Å²) in [5.74, 6) is -2.49. The molecule has 0 aliphatic carbocycles. The molecule has 1 amide bonds. The lowest BCUT2D eigenvalue weighted by Crippen LogP contribution is -2.15. The van der Waals surface area contributed by atoms with E-state index in [1.807, 2.05) is 0 Å². The summed E-state index contributed by atoms with van der Waals surface area (Å²) in [6.07, 6.45) is -4.86. The number of nitrogens with zero attached hydrogens (tertiary/aromatic N) is 1. The topological polar surface area (TPSA) is 72.2 Å². The molecular weight excluding hydrogens is 320 g/mol. The van der Waals surface area contributed by atoms with Crippen molar-refractivity contribution in [3.05, 3.63) is 69.5 Å². The van der Waals surface area contributed by atoms with Gasteiger partial charge in [0.25, 0.3) is 11.6 Å². The summed E-state index contributed by atoms with van der Waals surface area (Å²) in [6.45, 7) is 0. The van der Waals surface area contributed by atoms with Crippen LogP contribution >= 0.6 is 0 Å². The van der Waals surface area contributed by atoms with Crippen LogP contribution in [-0.4, -0.2) is 10.8 Å². The Morgan fingerprint density at radius 3 is 2.35 bits per heavy atom. The molecule has 9 heteroatoms. The number of hydrogen-bond donors (Lipinski definition) is 1. The molecule has 0 radical (unpaired) electrons. The van der Waals surface area contributed by atoms with E-state index in [2.05, 4.69) is 5.32 Å². The molecular formula is C14H8F4N2O3. The zero-order valence-corrected chi connectivity index (χ0v) is 11.2. The third kappa shape index (κ3) is 3.62. The number of carbonyl (C=O) groups is 1. The molecule has 5 nitrogen and oxygen atoms in total. The first-order valence-electron chi connectivity index (χ1n) is 6.11. The number of para-hydroxylation sites is 1. The Morgan fingerprint density at radius 1 is 1.13 bits per heavy atom. The minimum absolute atomic E-state index is 0.251. The zero-order chi connectivity index (χ0) is 17.2. The summed E-state index contributed by atoms with van der Waals surface area (Å²) >= 11 is 0. The molecule has 0 fully saturated rings. The maximum atomic E-state index is 13.4. The zero-order valence-electron chi connectivity index (χ0n) is 11.2. The van der Waals surface area contributed by atoms with E-state index < -0.39 is 34.1 Å². The Morgan fingerprint density at radius 2 is 1.78 bits per heavy atom. The van der Waals surface area contributed by atoms with Gasteiger partial charge in [-0.3, -0.25) is 14.9 Å². The predicted octanol–water partition coefficient (Wildman–Crippen LogP) is 4.01. The average Bonchev–Trinajstić information content (AvgIpc) is 2.45. The van der Waals surface area contributed by atoms with Crippen LogP contribution in [0.4, 0.5) is 28.9 Å². The number of carbonyl (C=O) groups excluding carboxylic acids is 1. The van der Waals surface area contributed by atoms with Gasteiger partial charge in [-0.05, 0) is 24.3 Å². The highest BCUT2D eigenvalue weighted by molar-refractivity contribution is 6.07. The largest absolute Gasteiger partial charge is 0.419 e. The minimum atomic E-state index is -4.86. The Labute approximate surface area is 126 Å². The van der Waals surface area contributed by atoms with E-state index in [9.17, 15) is 32.5 Å². The molecule has 1 N–H and O–H groups in total. The van der Waals surface area contributed by atoms with E-state index in [1.54, 1.807) is 0 Å². The summed E-state index contributed by atoms with van der Waals surface area (Å²) in [7, 11) is 0. The van der Waals surface area contributed by atoms with E-state index in [-0.39, 0.29) is 11.3 Å². The summed E-state index contributed by atoms with van der Waals surface area (Å²) in [4.78, 5) is 22.0. The summed E-state index contributed by atoms with van der Waals surface area (Å²) in [6, 6.07) is 6.84. The fourth-order valence-corrected chi connectivity index (χ4v) is 1.85. The Kier molecular flexibility index (Phi) is 4.30. The number of nitro groups is 1. The van der Waals surface area contributed by atoms with Gasteiger partial charge in [0.15, 0.2) is 0 Å². The number of benzene rings is 2. The first-order valence-corrected chi connectivity index (χ1v) is 6.11. The second kappa shape index (κ2) is 6.03. The van der Waals surface area contributed by atoms with Crippen molar-refractivity contribution in [3.63, 3.8) is 0 Å². The summed E-state index contributed by atoms with van der Waals surface area (Å²) < 4.78 is 50.8. The smallest absolute Gasteiger partial charge is 0.322 e. The molecule has 2 rings (SSSR count). The number of anilines is 1. The van der Waals surface area contributed by atoms with Crippen LogP contribution in [0.25, 0.3) is 0 Å².